The number of nitrogens with one attached hydrogen (secondary N) is 1. The molecule has 0 bridgehead atoms. The first-order chi connectivity index (χ1) is 8.67. The smallest absolute Gasteiger partial charge is 0.322 e. The van der Waals surface area contributed by atoms with Crippen molar-refractivity contribution in [3.63, 3.8) is 0 Å². The number of aromatic nitrogens is 5. The SMILES string of the molecule is CCOc1nc(N)nc(Sc2nccc(=O)[nH]2)n1. The van der Waals surface area contributed by atoms with Crippen molar-refractivity contribution < 1.29 is 4.74 Å². The summed E-state index contributed by atoms with van der Waals surface area (Å²) in [7, 11) is 0. The summed E-state index contributed by atoms with van der Waals surface area (Å²) in [5, 5.41) is 0.677. The second kappa shape index (κ2) is 5.45. The van der Waals surface area contributed by atoms with E-state index in [1.54, 1.807) is 0 Å². The summed E-state index contributed by atoms with van der Waals surface area (Å²) in [6.07, 6.45) is 1.40. The van der Waals surface area contributed by atoms with Crippen LogP contribution in [0.1, 0.15) is 6.92 Å². The minimum absolute atomic E-state index is 0.0502. The van der Waals surface area contributed by atoms with Crippen molar-refractivity contribution in [2.45, 2.75) is 17.2 Å². The third-order valence-corrected chi connectivity index (χ3v) is 2.49. The van der Waals surface area contributed by atoms with Crippen LogP contribution in [0.2, 0.25) is 0 Å². The van der Waals surface area contributed by atoms with Crippen molar-refractivity contribution in [1.29, 1.82) is 0 Å². The molecule has 94 valence electrons. The molecule has 8 nitrogen and oxygen atoms in total. The first kappa shape index (κ1) is 12.3. The molecule has 0 amide bonds. The first-order valence-corrected chi connectivity index (χ1v) is 5.86. The molecule has 18 heavy (non-hydrogen) atoms. The molecule has 2 aromatic heterocycles. The number of nitrogens with zero attached hydrogens (tertiary/aromatic N) is 4. The van der Waals surface area contributed by atoms with Gasteiger partial charge in [0.15, 0.2) is 5.16 Å². The number of hydrogen-bond donors (Lipinski definition) is 2. The number of ether oxygens (including phenoxy) is 1. The van der Waals surface area contributed by atoms with Crippen LogP contribution >= 0.6 is 11.8 Å². The summed E-state index contributed by atoms with van der Waals surface area (Å²) >= 11 is 1.07. The predicted octanol–water partition coefficient (Wildman–Crippen LogP) is 0.0870. The van der Waals surface area contributed by atoms with Crippen molar-refractivity contribution in [2.24, 2.45) is 0 Å². The van der Waals surface area contributed by atoms with E-state index < -0.39 is 0 Å². The van der Waals surface area contributed by atoms with Gasteiger partial charge in [-0.1, -0.05) is 0 Å². The van der Waals surface area contributed by atoms with Gasteiger partial charge in [-0.3, -0.25) is 4.79 Å². The highest BCUT2D eigenvalue weighted by Crippen LogP contribution is 2.21. The average Bonchev–Trinajstić information content (AvgIpc) is 2.28. The van der Waals surface area contributed by atoms with Crippen LogP contribution in [0.15, 0.2) is 27.4 Å². The lowest BCUT2D eigenvalue weighted by Gasteiger charge is -2.03. The lowest BCUT2D eigenvalue weighted by Crippen LogP contribution is -2.07. The largest absolute Gasteiger partial charge is 0.464 e. The Labute approximate surface area is 106 Å². The molecular weight excluding hydrogens is 256 g/mol. The van der Waals surface area contributed by atoms with Crippen LogP contribution in [-0.2, 0) is 0 Å². The monoisotopic (exact) mass is 266 g/mol. The number of aromatic amines is 1. The summed E-state index contributed by atoms with van der Waals surface area (Å²) in [5.41, 5.74) is 5.27. The van der Waals surface area contributed by atoms with Crippen LogP contribution in [0.3, 0.4) is 0 Å². The first-order valence-electron chi connectivity index (χ1n) is 5.05. The molecule has 0 atom stereocenters. The van der Waals surface area contributed by atoms with E-state index in [1.165, 1.54) is 12.3 Å². The van der Waals surface area contributed by atoms with Gasteiger partial charge in [0.1, 0.15) is 0 Å². The zero-order chi connectivity index (χ0) is 13.0. The van der Waals surface area contributed by atoms with Gasteiger partial charge in [0.05, 0.1) is 6.61 Å². The Hall–Kier alpha value is -2.16. The van der Waals surface area contributed by atoms with Crippen LogP contribution in [0.5, 0.6) is 6.01 Å². The summed E-state index contributed by atoms with van der Waals surface area (Å²) in [5.74, 6) is 0.0502. The van der Waals surface area contributed by atoms with Gasteiger partial charge >= 0.3 is 6.01 Å². The highest BCUT2D eigenvalue weighted by atomic mass is 32.2. The number of H-pyrrole nitrogens is 1. The van der Waals surface area contributed by atoms with Crippen molar-refractivity contribution in [3.05, 3.63) is 22.6 Å². The third-order valence-electron chi connectivity index (χ3n) is 1.72. The molecule has 0 spiro atoms. The summed E-state index contributed by atoms with van der Waals surface area (Å²) in [6.45, 7) is 2.23. The minimum atomic E-state index is -0.250. The fraction of sp³-hybridized carbons (Fsp3) is 0.222. The average molecular weight is 266 g/mol. The zero-order valence-corrected chi connectivity index (χ0v) is 10.3. The van der Waals surface area contributed by atoms with Gasteiger partial charge in [-0.2, -0.15) is 15.0 Å². The summed E-state index contributed by atoms with van der Waals surface area (Å²) in [6, 6.07) is 1.46. The Morgan fingerprint density at radius 3 is 3.00 bits per heavy atom. The molecule has 0 saturated heterocycles. The Balaban J connectivity index is 2.25. The molecule has 0 aliphatic carbocycles. The molecule has 2 aromatic rings. The van der Waals surface area contributed by atoms with Gasteiger partial charge in [0.2, 0.25) is 11.1 Å². The van der Waals surface area contributed by atoms with Crippen LogP contribution in [0.25, 0.3) is 0 Å². The molecule has 0 aliphatic heterocycles. The number of nitrogen functional groups attached to an aromatic ring is 1. The van der Waals surface area contributed by atoms with Crippen LogP contribution in [0.4, 0.5) is 5.95 Å². The van der Waals surface area contributed by atoms with Gasteiger partial charge < -0.3 is 15.5 Å². The maximum absolute atomic E-state index is 11.1. The molecule has 0 radical (unpaired) electrons. The second-order valence-electron chi connectivity index (χ2n) is 3.03. The number of hydrogen-bond acceptors (Lipinski definition) is 8. The van der Waals surface area contributed by atoms with Crippen molar-refractivity contribution in [1.82, 2.24) is 24.9 Å². The summed E-state index contributed by atoms with van der Waals surface area (Å²) < 4.78 is 5.14. The van der Waals surface area contributed by atoms with Crippen molar-refractivity contribution >= 4 is 17.7 Å². The van der Waals surface area contributed by atoms with Crippen LogP contribution in [-0.4, -0.2) is 31.5 Å². The maximum Gasteiger partial charge on any atom is 0.322 e. The van der Waals surface area contributed by atoms with E-state index in [0.29, 0.717) is 16.9 Å². The molecule has 0 saturated carbocycles. The van der Waals surface area contributed by atoms with E-state index in [4.69, 9.17) is 10.5 Å². The highest BCUT2D eigenvalue weighted by Gasteiger charge is 2.08. The molecule has 0 unspecified atom stereocenters. The predicted molar refractivity (Wildman–Crippen MR) is 64.4 cm³/mol. The molecule has 2 heterocycles. The maximum atomic E-state index is 11.1. The van der Waals surface area contributed by atoms with E-state index in [9.17, 15) is 4.79 Å². The van der Waals surface area contributed by atoms with Gasteiger partial charge in [-0.25, -0.2) is 4.98 Å². The van der Waals surface area contributed by atoms with E-state index >= 15 is 0 Å². The van der Waals surface area contributed by atoms with E-state index in [1.807, 2.05) is 6.92 Å². The molecule has 0 fully saturated rings. The molecular formula is C9H10N6O2S. The van der Waals surface area contributed by atoms with Gasteiger partial charge in [-0.15, -0.1) is 0 Å². The fourth-order valence-electron chi connectivity index (χ4n) is 1.08. The van der Waals surface area contributed by atoms with Crippen molar-refractivity contribution in [2.75, 3.05) is 12.3 Å². The molecule has 3 N–H and O–H groups in total. The topological polar surface area (TPSA) is 120 Å². The van der Waals surface area contributed by atoms with Crippen molar-refractivity contribution in [3.8, 4) is 6.01 Å². The quantitative estimate of drug-likeness (QED) is 0.747. The number of nitrogens with two attached hydrogens (primary N) is 1. The van der Waals surface area contributed by atoms with E-state index in [-0.39, 0.29) is 17.5 Å². The normalized spacial score (nSPS) is 10.3. The summed E-state index contributed by atoms with van der Waals surface area (Å²) in [4.78, 5) is 29.4. The Morgan fingerprint density at radius 1 is 1.44 bits per heavy atom. The van der Waals surface area contributed by atoms with Gasteiger partial charge in [0, 0.05) is 12.3 Å². The van der Waals surface area contributed by atoms with Gasteiger partial charge in [0.25, 0.3) is 5.56 Å². The standard InChI is InChI=1S/C9H10N6O2S/c1-2-17-7-13-6(10)14-9(15-7)18-8-11-4-3-5(16)12-8/h3-4H,2H2,1H3,(H,11,12,16)(H2,10,13,14,15). The molecule has 0 aromatic carbocycles. The lowest BCUT2D eigenvalue weighted by molar-refractivity contribution is 0.308. The Kier molecular flexibility index (Phi) is 3.72. The fourth-order valence-corrected chi connectivity index (χ4v) is 1.78. The molecule has 0 aliphatic rings. The number of anilines is 1. The minimum Gasteiger partial charge on any atom is -0.464 e. The second-order valence-corrected chi connectivity index (χ2v) is 3.99. The van der Waals surface area contributed by atoms with Gasteiger partial charge in [-0.05, 0) is 18.7 Å². The number of rotatable bonds is 4. The van der Waals surface area contributed by atoms with E-state index in [0.717, 1.165) is 11.8 Å². The van der Waals surface area contributed by atoms with Crippen LogP contribution < -0.4 is 16.0 Å². The van der Waals surface area contributed by atoms with E-state index in [2.05, 4.69) is 24.9 Å². The molecule has 2 rings (SSSR count). The molecule has 9 heteroatoms. The third kappa shape index (κ3) is 3.17. The Morgan fingerprint density at radius 2 is 2.28 bits per heavy atom. The Bertz CT molecular complexity index is 602. The zero-order valence-electron chi connectivity index (χ0n) is 9.45. The lowest BCUT2D eigenvalue weighted by atomic mass is 10.7. The highest BCUT2D eigenvalue weighted by molar-refractivity contribution is 7.99. The van der Waals surface area contributed by atoms with Crippen LogP contribution in [0, 0.1) is 0 Å².